The summed E-state index contributed by atoms with van der Waals surface area (Å²) in [5.74, 6) is -4.51. The maximum atomic E-state index is 13.8. The molecule has 0 saturated carbocycles. The topological polar surface area (TPSA) is 165 Å². The number of anilines is 2. The van der Waals surface area contributed by atoms with Crippen LogP contribution < -0.4 is 21.3 Å². The van der Waals surface area contributed by atoms with Gasteiger partial charge in [-0.3, -0.25) is 34.6 Å². The lowest BCUT2D eigenvalue weighted by Crippen LogP contribution is -2.53. The van der Waals surface area contributed by atoms with Gasteiger partial charge in [0.1, 0.15) is 5.54 Å². The Morgan fingerprint density at radius 1 is 1.23 bits per heavy atom. The average molecular weight is 498 g/mol. The Bertz CT molecular complexity index is 1350. The summed E-state index contributed by atoms with van der Waals surface area (Å²) < 4.78 is 0. The zero-order valence-corrected chi connectivity index (χ0v) is 19.2. The molecule has 180 valence electrons. The van der Waals surface area contributed by atoms with Gasteiger partial charge in [-0.1, -0.05) is 23.7 Å². The molecule has 3 heterocycles. The molecule has 12 heteroatoms. The fraction of sp³-hybridized carbons (Fsp3) is 0.304. The van der Waals surface area contributed by atoms with Crippen LogP contribution in [-0.2, 0) is 24.7 Å². The van der Waals surface area contributed by atoms with Crippen molar-refractivity contribution in [3.63, 3.8) is 0 Å². The number of nitrogens with two attached hydrogens (primary N) is 1. The molecule has 5 rings (SSSR count). The van der Waals surface area contributed by atoms with Gasteiger partial charge in [-0.05, 0) is 31.0 Å². The molecule has 0 aliphatic carbocycles. The van der Waals surface area contributed by atoms with E-state index >= 15 is 0 Å². The van der Waals surface area contributed by atoms with Crippen LogP contribution in [0, 0.1) is 28.9 Å². The van der Waals surface area contributed by atoms with Crippen LogP contribution in [0.3, 0.4) is 0 Å². The van der Waals surface area contributed by atoms with Crippen molar-refractivity contribution in [1.29, 1.82) is 0 Å². The van der Waals surface area contributed by atoms with Crippen LogP contribution in [0.4, 0.5) is 17.1 Å². The van der Waals surface area contributed by atoms with Crippen molar-refractivity contribution < 1.29 is 24.1 Å². The third kappa shape index (κ3) is 3.15. The van der Waals surface area contributed by atoms with Crippen LogP contribution >= 0.6 is 11.6 Å². The predicted molar refractivity (Wildman–Crippen MR) is 124 cm³/mol. The molecule has 1 spiro atoms. The first-order valence-corrected chi connectivity index (χ1v) is 11.2. The van der Waals surface area contributed by atoms with Gasteiger partial charge in [0.2, 0.25) is 23.6 Å². The summed E-state index contributed by atoms with van der Waals surface area (Å²) in [7, 11) is 0. The fourth-order valence-corrected chi connectivity index (χ4v) is 5.69. The lowest BCUT2D eigenvalue weighted by atomic mass is 9.76. The predicted octanol–water partition coefficient (Wildman–Crippen LogP) is 1.75. The molecule has 3 aliphatic rings. The lowest BCUT2D eigenvalue weighted by Gasteiger charge is -2.29. The van der Waals surface area contributed by atoms with E-state index in [1.165, 1.54) is 18.2 Å². The number of non-ortho nitro benzene ring substituents is 1. The molecule has 35 heavy (non-hydrogen) atoms. The number of carbonyl (C=O) groups excluding carboxylic acids is 4. The van der Waals surface area contributed by atoms with Crippen LogP contribution in [0.15, 0.2) is 36.4 Å². The van der Waals surface area contributed by atoms with Gasteiger partial charge in [0.15, 0.2) is 0 Å². The maximum Gasteiger partial charge on any atom is 0.271 e. The average Bonchev–Trinajstić information content (AvgIpc) is 3.40. The number of rotatable bonds is 5. The fourth-order valence-electron chi connectivity index (χ4n) is 5.54. The van der Waals surface area contributed by atoms with Crippen LogP contribution in [0.1, 0.15) is 24.0 Å². The van der Waals surface area contributed by atoms with E-state index < -0.39 is 52.0 Å². The van der Waals surface area contributed by atoms with Gasteiger partial charge < -0.3 is 11.1 Å². The van der Waals surface area contributed by atoms with Gasteiger partial charge in [0.05, 0.1) is 28.1 Å². The number of benzene rings is 2. The van der Waals surface area contributed by atoms with Gasteiger partial charge in [-0.2, -0.15) is 0 Å². The van der Waals surface area contributed by atoms with E-state index in [4.69, 9.17) is 17.3 Å². The summed E-state index contributed by atoms with van der Waals surface area (Å²) in [5.41, 5.74) is 5.05. The van der Waals surface area contributed by atoms with E-state index in [0.29, 0.717) is 21.8 Å². The summed E-state index contributed by atoms with van der Waals surface area (Å²) in [6, 6.07) is 7.73. The molecular weight excluding hydrogens is 478 g/mol. The lowest BCUT2D eigenvalue weighted by molar-refractivity contribution is -0.384. The number of nitrogens with zero attached hydrogens (tertiary/aromatic N) is 2. The molecule has 0 aromatic heterocycles. The van der Waals surface area contributed by atoms with Crippen molar-refractivity contribution in [2.24, 2.45) is 17.6 Å². The van der Waals surface area contributed by atoms with Gasteiger partial charge >= 0.3 is 0 Å². The highest BCUT2D eigenvalue weighted by atomic mass is 35.5. The number of nitro benzene ring substituents is 1. The van der Waals surface area contributed by atoms with Crippen LogP contribution in [-0.4, -0.2) is 34.6 Å². The number of nitrogens with one attached hydrogen (secondary N) is 2. The van der Waals surface area contributed by atoms with E-state index in [9.17, 15) is 29.3 Å². The Balaban J connectivity index is 1.66. The first-order valence-electron chi connectivity index (χ1n) is 10.9. The first kappa shape index (κ1) is 22.9. The smallest absolute Gasteiger partial charge is 0.271 e. The van der Waals surface area contributed by atoms with Gasteiger partial charge in [-0.15, -0.1) is 0 Å². The van der Waals surface area contributed by atoms with E-state index in [0.717, 1.165) is 11.0 Å². The SMILES string of the molecule is Cc1c(Cl)ccc2c1NC(=O)[C@@]21N[C@@H](CCC(N)=O)[C@H]2C(=O)N(c3cccc([N+](=O)[O-])c3)C(=O)[C@H]21. The number of carbonyl (C=O) groups is 4. The third-order valence-electron chi connectivity index (χ3n) is 7.09. The van der Waals surface area contributed by atoms with Crippen molar-refractivity contribution in [2.45, 2.75) is 31.3 Å². The molecule has 11 nitrogen and oxygen atoms in total. The first-order chi connectivity index (χ1) is 16.6. The minimum Gasteiger partial charge on any atom is -0.370 e. The zero-order valence-electron chi connectivity index (χ0n) is 18.4. The van der Waals surface area contributed by atoms with Crippen LogP contribution in [0.5, 0.6) is 0 Å². The highest BCUT2D eigenvalue weighted by Crippen LogP contribution is 2.55. The van der Waals surface area contributed by atoms with Crippen LogP contribution in [0.25, 0.3) is 0 Å². The number of hydrogen-bond donors (Lipinski definition) is 3. The second-order valence-electron chi connectivity index (χ2n) is 8.91. The van der Waals surface area contributed by atoms with Gasteiger partial charge in [0.25, 0.3) is 5.69 Å². The Kier molecular flexibility index (Phi) is 5.15. The molecule has 2 fully saturated rings. The van der Waals surface area contributed by atoms with Crippen molar-refractivity contribution in [3.05, 3.63) is 62.7 Å². The highest BCUT2D eigenvalue weighted by molar-refractivity contribution is 6.32. The summed E-state index contributed by atoms with van der Waals surface area (Å²) in [4.78, 5) is 64.0. The Morgan fingerprint density at radius 2 is 1.97 bits per heavy atom. The molecule has 4 amide bonds. The van der Waals surface area contributed by atoms with Gasteiger partial charge in [-0.25, -0.2) is 4.90 Å². The van der Waals surface area contributed by atoms with Crippen molar-refractivity contribution in [2.75, 3.05) is 10.2 Å². The monoisotopic (exact) mass is 497 g/mol. The molecule has 4 atom stereocenters. The number of hydrogen-bond acceptors (Lipinski definition) is 7. The number of fused-ring (bicyclic) bond motifs is 4. The second-order valence-corrected chi connectivity index (χ2v) is 9.31. The number of amides is 4. The van der Waals surface area contributed by atoms with Gasteiger partial charge in [0, 0.05) is 35.2 Å². The Hall–Kier alpha value is -3.83. The standard InChI is InChI=1S/C23H20ClN5O6/c1-10-14(24)6-5-13-19(10)26-22(33)23(13)18-17(15(27-23)7-8-16(25)30)20(31)28(21(18)32)11-3-2-4-12(9-11)29(34)35/h2-6,9,15,17-18,27H,7-8H2,1H3,(H2,25,30)(H,26,33)/t15-,17+,18-,23+/m0/s1. The Labute approximate surface area is 203 Å². The number of nitro groups is 1. The van der Waals surface area contributed by atoms with Crippen molar-refractivity contribution in [1.82, 2.24) is 5.32 Å². The van der Waals surface area contributed by atoms with Crippen molar-refractivity contribution in [3.8, 4) is 0 Å². The molecule has 2 saturated heterocycles. The summed E-state index contributed by atoms with van der Waals surface area (Å²) in [6.07, 6.45) is 0.0542. The molecular formula is C23H20ClN5O6. The molecule has 4 N–H and O–H groups in total. The van der Waals surface area contributed by atoms with Crippen molar-refractivity contribution >= 4 is 52.3 Å². The quantitative estimate of drug-likeness (QED) is 0.321. The van der Waals surface area contributed by atoms with E-state index in [1.54, 1.807) is 19.1 Å². The molecule has 0 radical (unpaired) electrons. The Morgan fingerprint density at radius 3 is 2.66 bits per heavy atom. The molecule has 0 unspecified atom stereocenters. The second kappa shape index (κ2) is 7.85. The van der Waals surface area contributed by atoms with E-state index in [1.807, 2.05) is 0 Å². The highest BCUT2D eigenvalue weighted by Gasteiger charge is 2.70. The zero-order chi connectivity index (χ0) is 25.2. The summed E-state index contributed by atoms with van der Waals surface area (Å²) >= 11 is 6.25. The number of imide groups is 1. The normalized spacial score (nSPS) is 26.7. The molecule has 2 aromatic carbocycles. The minimum atomic E-state index is -1.58. The third-order valence-corrected chi connectivity index (χ3v) is 7.49. The molecule has 0 bridgehead atoms. The largest absolute Gasteiger partial charge is 0.370 e. The maximum absolute atomic E-state index is 13.8. The summed E-state index contributed by atoms with van der Waals surface area (Å²) in [6.45, 7) is 1.73. The summed E-state index contributed by atoms with van der Waals surface area (Å²) in [5, 5.41) is 17.7. The molecule has 3 aliphatic heterocycles. The van der Waals surface area contributed by atoms with Crippen LogP contribution in [0.2, 0.25) is 5.02 Å². The minimum absolute atomic E-state index is 0.0401. The number of primary amides is 1. The van der Waals surface area contributed by atoms with E-state index in [2.05, 4.69) is 10.6 Å². The molecule has 2 aromatic rings. The number of halogens is 1. The van der Waals surface area contributed by atoms with E-state index in [-0.39, 0.29) is 24.2 Å².